The lowest BCUT2D eigenvalue weighted by Gasteiger charge is -2.09. The number of halogens is 2. The van der Waals surface area contributed by atoms with Gasteiger partial charge in [-0.25, -0.2) is 19.2 Å². The molecule has 2 N–H and O–H groups in total. The summed E-state index contributed by atoms with van der Waals surface area (Å²) in [5.74, 6) is -1.24. The molecule has 0 aliphatic heterocycles. The van der Waals surface area contributed by atoms with Crippen LogP contribution in [0.15, 0.2) is 28.9 Å². The second-order valence-corrected chi connectivity index (χ2v) is 4.65. The van der Waals surface area contributed by atoms with Gasteiger partial charge in [-0.05, 0) is 25.1 Å². The molecule has 1 aromatic carbocycles. The molecule has 0 aliphatic carbocycles. The summed E-state index contributed by atoms with van der Waals surface area (Å²) >= 11 is 3.14. The average Bonchev–Trinajstić information content (AvgIpc) is 2.32. The van der Waals surface area contributed by atoms with Crippen molar-refractivity contribution in [2.45, 2.75) is 6.92 Å². The fourth-order valence-corrected chi connectivity index (χ4v) is 1.77. The van der Waals surface area contributed by atoms with Gasteiger partial charge < -0.3 is 10.4 Å². The Labute approximate surface area is 116 Å². The molecule has 5 nitrogen and oxygen atoms in total. The third-order valence-corrected chi connectivity index (χ3v) is 2.82. The number of carboxylic acids is 1. The van der Waals surface area contributed by atoms with Crippen LogP contribution < -0.4 is 5.32 Å². The van der Waals surface area contributed by atoms with E-state index in [-0.39, 0.29) is 17.1 Å². The third-order valence-electron chi connectivity index (χ3n) is 2.32. The van der Waals surface area contributed by atoms with Crippen LogP contribution in [-0.4, -0.2) is 21.0 Å². The van der Waals surface area contributed by atoms with Crippen molar-refractivity contribution in [1.82, 2.24) is 9.97 Å². The van der Waals surface area contributed by atoms with Crippen molar-refractivity contribution in [1.29, 1.82) is 0 Å². The number of rotatable bonds is 3. The highest BCUT2D eigenvalue weighted by molar-refractivity contribution is 9.10. The van der Waals surface area contributed by atoms with E-state index >= 15 is 0 Å². The smallest absolute Gasteiger partial charge is 0.341 e. The van der Waals surface area contributed by atoms with Crippen molar-refractivity contribution in [3.63, 3.8) is 0 Å². The predicted molar refractivity (Wildman–Crippen MR) is 71.1 cm³/mol. The number of nitrogens with zero attached hydrogens (tertiary/aromatic N) is 2. The van der Waals surface area contributed by atoms with Gasteiger partial charge in [0, 0.05) is 10.7 Å². The minimum absolute atomic E-state index is 0.0567. The third kappa shape index (κ3) is 3.05. The molecule has 0 radical (unpaired) electrons. The molecule has 19 heavy (non-hydrogen) atoms. The van der Waals surface area contributed by atoms with Crippen LogP contribution in [0.2, 0.25) is 0 Å². The van der Waals surface area contributed by atoms with Gasteiger partial charge in [0.1, 0.15) is 23.0 Å². The van der Waals surface area contributed by atoms with Crippen LogP contribution in [0.4, 0.5) is 15.9 Å². The molecule has 2 aromatic rings. The van der Waals surface area contributed by atoms with Gasteiger partial charge in [-0.1, -0.05) is 15.9 Å². The fourth-order valence-electron chi connectivity index (χ4n) is 1.44. The SMILES string of the molecule is Cc1ncc(C(=O)O)c(Nc2ccc(Br)cc2F)n1. The van der Waals surface area contributed by atoms with Gasteiger partial charge in [0.05, 0.1) is 5.69 Å². The van der Waals surface area contributed by atoms with Crippen LogP contribution >= 0.6 is 15.9 Å². The second kappa shape index (κ2) is 5.31. The molecule has 7 heteroatoms. The first-order valence-corrected chi connectivity index (χ1v) is 6.05. The van der Waals surface area contributed by atoms with E-state index < -0.39 is 11.8 Å². The van der Waals surface area contributed by atoms with Crippen molar-refractivity contribution in [3.05, 3.63) is 46.1 Å². The maximum Gasteiger partial charge on any atom is 0.341 e. The molecule has 1 heterocycles. The topological polar surface area (TPSA) is 75.1 Å². The molecule has 0 spiro atoms. The molecule has 0 bridgehead atoms. The van der Waals surface area contributed by atoms with Crippen LogP contribution in [0.1, 0.15) is 16.2 Å². The fraction of sp³-hybridized carbons (Fsp3) is 0.0833. The number of anilines is 2. The van der Waals surface area contributed by atoms with Gasteiger partial charge in [0.25, 0.3) is 0 Å². The molecule has 0 aliphatic rings. The van der Waals surface area contributed by atoms with Crippen molar-refractivity contribution >= 4 is 33.4 Å². The number of carbonyl (C=O) groups is 1. The van der Waals surface area contributed by atoms with E-state index in [4.69, 9.17) is 5.11 Å². The van der Waals surface area contributed by atoms with Crippen LogP contribution in [-0.2, 0) is 0 Å². The van der Waals surface area contributed by atoms with Gasteiger partial charge in [-0.2, -0.15) is 0 Å². The Morgan fingerprint density at radius 2 is 2.21 bits per heavy atom. The lowest BCUT2D eigenvalue weighted by atomic mass is 10.2. The van der Waals surface area contributed by atoms with Gasteiger partial charge >= 0.3 is 5.97 Å². The van der Waals surface area contributed by atoms with E-state index in [9.17, 15) is 9.18 Å². The molecule has 0 saturated carbocycles. The molecule has 0 saturated heterocycles. The number of aromatic carboxylic acids is 1. The Balaban J connectivity index is 2.42. The first-order chi connectivity index (χ1) is 8.97. The zero-order chi connectivity index (χ0) is 14.0. The van der Waals surface area contributed by atoms with Crippen molar-refractivity contribution in [2.75, 3.05) is 5.32 Å². The first kappa shape index (κ1) is 13.4. The minimum Gasteiger partial charge on any atom is -0.477 e. The van der Waals surface area contributed by atoms with E-state index in [0.29, 0.717) is 10.3 Å². The maximum absolute atomic E-state index is 13.7. The zero-order valence-electron chi connectivity index (χ0n) is 9.82. The molecule has 0 unspecified atom stereocenters. The summed E-state index contributed by atoms with van der Waals surface area (Å²) < 4.78 is 14.3. The van der Waals surface area contributed by atoms with E-state index in [0.717, 1.165) is 0 Å². The first-order valence-electron chi connectivity index (χ1n) is 5.26. The number of hydrogen-bond donors (Lipinski definition) is 2. The standard InChI is InChI=1S/C12H9BrFN3O2/c1-6-15-5-8(12(18)19)11(16-6)17-10-3-2-7(13)4-9(10)14/h2-5H,1H3,(H,18,19)(H,15,16,17). The normalized spacial score (nSPS) is 10.3. The number of hydrogen-bond acceptors (Lipinski definition) is 4. The largest absolute Gasteiger partial charge is 0.477 e. The maximum atomic E-state index is 13.7. The highest BCUT2D eigenvalue weighted by Crippen LogP contribution is 2.24. The summed E-state index contributed by atoms with van der Waals surface area (Å²) in [6.07, 6.45) is 1.18. The second-order valence-electron chi connectivity index (χ2n) is 3.73. The lowest BCUT2D eigenvalue weighted by molar-refractivity contribution is 0.0697. The minimum atomic E-state index is -1.18. The van der Waals surface area contributed by atoms with Crippen LogP contribution in [0.5, 0.6) is 0 Å². The number of nitrogens with one attached hydrogen (secondary N) is 1. The lowest BCUT2D eigenvalue weighted by Crippen LogP contribution is -2.08. The molecular weight excluding hydrogens is 317 g/mol. The quantitative estimate of drug-likeness (QED) is 0.906. The predicted octanol–water partition coefficient (Wildman–Crippen LogP) is 3.13. The number of carboxylic acid groups (broad SMARTS) is 1. The number of benzene rings is 1. The molecule has 98 valence electrons. The zero-order valence-corrected chi connectivity index (χ0v) is 11.4. The van der Waals surface area contributed by atoms with Gasteiger partial charge in [0.15, 0.2) is 0 Å². The van der Waals surface area contributed by atoms with Crippen molar-refractivity contribution in [3.8, 4) is 0 Å². The number of aromatic nitrogens is 2. The van der Waals surface area contributed by atoms with E-state index in [1.54, 1.807) is 13.0 Å². The van der Waals surface area contributed by atoms with E-state index in [2.05, 4.69) is 31.2 Å². The Kier molecular flexibility index (Phi) is 3.75. The summed E-state index contributed by atoms with van der Waals surface area (Å²) in [4.78, 5) is 18.8. The molecule has 1 aromatic heterocycles. The summed E-state index contributed by atoms with van der Waals surface area (Å²) in [5, 5.41) is 11.7. The summed E-state index contributed by atoms with van der Waals surface area (Å²) in [6.45, 7) is 1.62. The van der Waals surface area contributed by atoms with Gasteiger partial charge in [-0.15, -0.1) is 0 Å². The molecule has 0 atom stereocenters. The average molecular weight is 326 g/mol. The van der Waals surface area contributed by atoms with Crippen LogP contribution in [0.3, 0.4) is 0 Å². The Hall–Kier alpha value is -2.02. The molecule has 0 amide bonds. The Morgan fingerprint density at radius 3 is 2.84 bits per heavy atom. The van der Waals surface area contributed by atoms with Crippen molar-refractivity contribution < 1.29 is 14.3 Å². The van der Waals surface area contributed by atoms with Gasteiger partial charge in [0.2, 0.25) is 0 Å². The van der Waals surface area contributed by atoms with E-state index in [1.165, 1.54) is 18.3 Å². The summed E-state index contributed by atoms with van der Waals surface area (Å²) in [7, 11) is 0. The molecule has 2 rings (SSSR count). The van der Waals surface area contributed by atoms with Crippen LogP contribution in [0, 0.1) is 12.7 Å². The highest BCUT2D eigenvalue weighted by atomic mass is 79.9. The Morgan fingerprint density at radius 1 is 1.47 bits per heavy atom. The molecule has 0 fully saturated rings. The number of aryl methyl sites for hydroxylation is 1. The molecular formula is C12H9BrFN3O2. The summed E-state index contributed by atoms with van der Waals surface area (Å²) in [5.41, 5.74) is 0.0247. The van der Waals surface area contributed by atoms with Crippen LogP contribution in [0.25, 0.3) is 0 Å². The Bertz CT molecular complexity index is 649. The monoisotopic (exact) mass is 325 g/mol. The summed E-state index contributed by atoms with van der Waals surface area (Å²) in [6, 6.07) is 4.40. The highest BCUT2D eigenvalue weighted by Gasteiger charge is 2.14. The van der Waals surface area contributed by atoms with E-state index in [1.807, 2.05) is 0 Å². The van der Waals surface area contributed by atoms with Crippen molar-refractivity contribution in [2.24, 2.45) is 0 Å². The van der Waals surface area contributed by atoms with Gasteiger partial charge in [-0.3, -0.25) is 0 Å².